The molecule has 1 aromatic rings. The lowest BCUT2D eigenvalue weighted by atomic mass is 9.98. The van der Waals surface area contributed by atoms with Crippen LogP contribution in [0.1, 0.15) is 23.4 Å². The summed E-state index contributed by atoms with van der Waals surface area (Å²) in [5.41, 5.74) is 3.55. The Morgan fingerprint density at radius 2 is 2.29 bits per heavy atom. The van der Waals surface area contributed by atoms with Crippen molar-refractivity contribution in [3.05, 3.63) is 17.0 Å². The summed E-state index contributed by atoms with van der Waals surface area (Å²) in [5, 5.41) is 10.8. The third kappa shape index (κ3) is 2.24. The number of nitrogens with zero attached hydrogens (tertiary/aromatic N) is 1. The first-order chi connectivity index (χ1) is 8.14. The Balaban J connectivity index is 1.76. The van der Waals surface area contributed by atoms with Gasteiger partial charge in [-0.3, -0.25) is 5.10 Å². The summed E-state index contributed by atoms with van der Waals surface area (Å²) in [7, 11) is -2.77. The second-order valence-electron chi connectivity index (χ2n) is 5.03. The second-order valence-corrected chi connectivity index (χ2v) is 7.26. The Morgan fingerprint density at radius 3 is 3.06 bits per heavy atom. The topological polar surface area (TPSA) is 74.8 Å². The van der Waals surface area contributed by atoms with Gasteiger partial charge in [0.1, 0.15) is 0 Å². The zero-order valence-corrected chi connectivity index (χ0v) is 10.5. The first-order valence-corrected chi connectivity index (χ1v) is 7.92. The van der Waals surface area contributed by atoms with Gasteiger partial charge in [-0.05, 0) is 18.8 Å². The van der Waals surface area contributed by atoms with Crippen molar-refractivity contribution < 1.29 is 8.42 Å². The van der Waals surface area contributed by atoms with Crippen LogP contribution >= 0.6 is 0 Å². The van der Waals surface area contributed by atoms with Crippen LogP contribution in [0.4, 0.5) is 0 Å². The van der Waals surface area contributed by atoms with E-state index >= 15 is 0 Å². The first-order valence-electron chi connectivity index (χ1n) is 6.10. The molecule has 0 amide bonds. The highest BCUT2D eigenvalue weighted by Crippen LogP contribution is 2.25. The molecule has 0 radical (unpaired) electrons. The number of fused-ring (bicyclic) bond motifs is 1. The summed E-state index contributed by atoms with van der Waals surface area (Å²) in [6.45, 7) is 1.85. The molecule has 1 aromatic heterocycles. The molecule has 94 valence electrons. The van der Waals surface area contributed by atoms with Crippen molar-refractivity contribution in [2.75, 3.05) is 18.1 Å². The predicted molar refractivity (Wildman–Crippen MR) is 64.5 cm³/mol. The summed E-state index contributed by atoms with van der Waals surface area (Å²) in [4.78, 5) is 0. The van der Waals surface area contributed by atoms with Crippen LogP contribution in [0.5, 0.6) is 0 Å². The maximum atomic E-state index is 11.4. The van der Waals surface area contributed by atoms with E-state index in [1.807, 2.05) is 0 Å². The maximum Gasteiger partial charge on any atom is 0.150 e. The van der Waals surface area contributed by atoms with Crippen LogP contribution in [-0.4, -0.2) is 36.7 Å². The number of sulfone groups is 1. The molecule has 2 aliphatic heterocycles. The largest absolute Gasteiger partial charge is 0.312 e. The van der Waals surface area contributed by atoms with Crippen molar-refractivity contribution in [2.45, 2.75) is 25.8 Å². The number of nitrogens with one attached hydrogen (secondary N) is 2. The fourth-order valence-electron chi connectivity index (χ4n) is 2.76. The smallest absolute Gasteiger partial charge is 0.150 e. The Hall–Kier alpha value is -0.880. The molecule has 0 bridgehead atoms. The SMILES string of the molecule is O=S1(=O)CCC(Cc2n[nH]c3c2CNCC3)C1. The third-order valence-electron chi connectivity index (χ3n) is 3.70. The molecular formula is C11H17N3O2S. The fourth-order valence-corrected chi connectivity index (χ4v) is 4.62. The van der Waals surface area contributed by atoms with Crippen LogP contribution in [-0.2, 0) is 29.2 Å². The number of H-pyrrole nitrogens is 1. The highest BCUT2D eigenvalue weighted by atomic mass is 32.2. The summed E-state index contributed by atoms with van der Waals surface area (Å²) in [5.74, 6) is 0.944. The molecule has 1 unspecified atom stereocenters. The standard InChI is InChI=1S/C11H17N3O2S/c15-17(16)4-2-8(7-17)5-11-9-6-12-3-1-10(9)13-14-11/h8,12H,1-7H2,(H,13,14). The summed E-state index contributed by atoms with van der Waals surface area (Å²) in [6.07, 6.45) is 2.58. The molecule has 0 spiro atoms. The van der Waals surface area contributed by atoms with Crippen LogP contribution in [0.3, 0.4) is 0 Å². The van der Waals surface area contributed by atoms with Gasteiger partial charge in [-0.15, -0.1) is 0 Å². The Labute approximate surface area is 101 Å². The Kier molecular flexibility index (Phi) is 2.71. The minimum Gasteiger partial charge on any atom is -0.312 e. The van der Waals surface area contributed by atoms with Crippen LogP contribution < -0.4 is 5.32 Å². The van der Waals surface area contributed by atoms with Gasteiger partial charge in [0.25, 0.3) is 0 Å². The van der Waals surface area contributed by atoms with E-state index in [9.17, 15) is 8.42 Å². The lowest BCUT2D eigenvalue weighted by Gasteiger charge is -2.14. The van der Waals surface area contributed by atoms with E-state index in [4.69, 9.17) is 0 Å². The Bertz CT molecular complexity index is 521. The zero-order chi connectivity index (χ0) is 11.9. The molecule has 0 saturated carbocycles. The van der Waals surface area contributed by atoms with Gasteiger partial charge in [-0.25, -0.2) is 8.42 Å². The van der Waals surface area contributed by atoms with E-state index in [-0.39, 0.29) is 5.92 Å². The molecule has 1 atom stereocenters. The predicted octanol–water partition coefficient (Wildman–Crippen LogP) is 0.0326. The van der Waals surface area contributed by atoms with E-state index in [1.54, 1.807) is 0 Å². The highest BCUT2D eigenvalue weighted by Gasteiger charge is 2.29. The monoisotopic (exact) mass is 255 g/mol. The van der Waals surface area contributed by atoms with Gasteiger partial charge in [-0.1, -0.05) is 0 Å². The molecule has 1 fully saturated rings. The summed E-state index contributed by atoms with van der Waals surface area (Å²) < 4.78 is 22.8. The van der Waals surface area contributed by atoms with Crippen LogP contribution in [0, 0.1) is 5.92 Å². The number of rotatable bonds is 2. The number of aromatic nitrogens is 2. The number of aromatic amines is 1. The van der Waals surface area contributed by atoms with E-state index in [2.05, 4.69) is 15.5 Å². The van der Waals surface area contributed by atoms with Gasteiger partial charge in [-0.2, -0.15) is 5.10 Å². The van der Waals surface area contributed by atoms with Crippen LogP contribution in [0.2, 0.25) is 0 Å². The minimum atomic E-state index is -2.77. The molecule has 2 aliphatic rings. The van der Waals surface area contributed by atoms with E-state index in [0.717, 1.165) is 38.0 Å². The summed E-state index contributed by atoms with van der Waals surface area (Å²) in [6, 6.07) is 0. The molecule has 6 heteroatoms. The van der Waals surface area contributed by atoms with Gasteiger partial charge in [0.15, 0.2) is 9.84 Å². The van der Waals surface area contributed by atoms with Gasteiger partial charge < -0.3 is 5.32 Å². The van der Waals surface area contributed by atoms with Crippen molar-refractivity contribution in [2.24, 2.45) is 5.92 Å². The number of hydrogen-bond acceptors (Lipinski definition) is 4. The van der Waals surface area contributed by atoms with Crippen LogP contribution in [0.25, 0.3) is 0 Å². The summed E-state index contributed by atoms with van der Waals surface area (Å²) >= 11 is 0. The molecule has 3 rings (SSSR count). The van der Waals surface area contributed by atoms with Crippen LogP contribution in [0.15, 0.2) is 0 Å². The van der Waals surface area contributed by atoms with E-state index in [1.165, 1.54) is 11.3 Å². The normalized spacial score (nSPS) is 26.9. The van der Waals surface area contributed by atoms with Gasteiger partial charge in [0, 0.05) is 30.8 Å². The molecule has 17 heavy (non-hydrogen) atoms. The first kappa shape index (κ1) is 11.2. The van der Waals surface area contributed by atoms with E-state index < -0.39 is 9.84 Å². The molecular weight excluding hydrogens is 238 g/mol. The highest BCUT2D eigenvalue weighted by molar-refractivity contribution is 7.91. The van der Waals surface area contributed by atoms with Crippen molar-refractivity contribution in [3.8, 4) is 0 Å². The lowest BCUT2D eigenvalue weighted by molar-refractivity contribution is 0.569. The number of hydrogen-bond donors (Lipinski definition) is 2. The third-order valence-corrected chi connectivity index (χ3v) is 5.54. The van der Waals surface area contributed by atoms with Crippen molar-refractivity contribution >= 4 is 9.84 Å². The van der Waals surface area contributed by atoms with Gasteiger partial charge >= 0.3 is 0 Å². The molecule has 2 N–H and O–H groups in total. The fraction of sp³-hybridized carbons (Fsp3) is 0.727. The average molecular weight is 255 g/mol. The maximum absolute atomic E-state index is 11.4. The van der Waals surface area contributed by atoms with Crippen molar-refractivity contribution in [3.63, 3.8) is 0 Å². The van der Waals surface area contributed by atoms with Gasteiger partial charge in [0.2, 0.25) is 0 Å². The quantitative estimate of drug-likeness (QED) is 0.782. The Morgan fingerprint density at radius 1 is 1.41 bits per heavy atom. The van der Waals surface area contributed by atoms with Crippen molar-refractivity contribution in [1.82, 2.24) is 15.5 Å². The van der Waals surface area contributed by atoms with Gasteiger partial charge in [0.05, 0.1) is 17.2 Å². The zero-order valence-electron chi connectivity index (χ0n) is 9.70. The molecule has 3 heterocycles. The van der Waals surface area contributed by atoms with E-state index in [0.29, 0.717) is 11.5 Å². The molecule has 0 aliphatic carbocycles. The second kappa shape index (κ2) is 4.10. The lowest BCUT2D eigenvalue weighted by Crippen LogP contribution is -2.24. The molecule has 1 saturated heterocycles. The van der Waals surface area contributed by atoms with Crippen molar-refractivity contribution in [1.29, 1.82) is 0 Å². The molecule has 0 aromatic carbocycles. The molecule has 5 nitrogen and oxygen atoms in total. The average Bonchev–Trinajstić information content (AvgIpc) is 2.84. The minimum absolute atomic E-state index is 0.259.